The van der Waals surface area contributed by atoms with Crippen LogP contribution in [0.1, 0.15) is 11.1 Å². The van der Waals surface area contributed by atoms with Gasteiger partial charge in [-0.25, -0.2) is 4.98 Å². The summed E-state index contributed by atoms with van der Waals surface area (Å²) in [5.74, 6) is 0.625. The highest BCUT2D eigenvalue weighted by molar-refractivity contribution is 7.22. The molecule has 0 aliphatic carbocycles. The number of carbonyl (C=O) groups is 1. The number of hydrogen-bond acceptors (Lipinski definition) is 5. The van der Waals surface area contributed by atoms with E-state index in [9.17, 15) is 4.79 Å². The van der Waals surface area contributed by atoms with Crippen molar-refractivity contribution in [3.05, 3.63) is 53.6 Å². The van der Waals surface area contributed by atoms with Gasteiger partial charge < -0.3 is 14.4 Å². The van der Waals surface area contributed by atoms with Gasteiger partial charge in [0.25, 0.3) is 5.91 Å². The van der Waals surface area contributed by atoms with Gasteiger partial charge in [0.15, 0.2) is 11.7 Å². The van der Waals surface area contributed by atoms with E-state index >= 15 is 0 Å². The number of carbonyl (C=O) groups excluding carboxylic acids is 1. The first-order valence-corrected chi connectivity index (χ1v) is 11.2. The molecule has 1 fully saturated rings. The average Bonchev–Trinajstić information content (AvgIpc) is 3.18. The number of amides is 1. The van der Waals surface area contributed by atoms with Gasteiger partial charge in [0.2, 0.25) is 0 Å². The van der Waals surface area contributed by atoms with Crippen molar-refractivity contribution in [1.82, 2.24) is 4.98 Å². The second-order valence-electron chi connectivity index (χ2n) is 7.68. The zero-order chi connectivity index (χ0) is 20.9. The van der Waals surface area contributed by atoms with Crippen LogP contribution in [0.2, 0.25) is 0 Å². The van der Waals surface area contributed by atoms with Gasteiger partial charge in [-0.15, -0.1) is 0 Å². The molecule has 1 aromatic heterocycles. The van der Waals surface area contributed by atoms with Gasteiger partial charge in [0.1, 0.15) is 18.8 Å². The Morgan fingerprint density at radius 2 is 1.97 bits per heavy atom. The minimum absolute atomic E-state index is 0.00358. The summed E-state index contributed by atoms with van der Waals surface area (Å²) in [5, 5.41) is 0.744. The minimum atomic E-state index is -0.0695. The maximum atomic E-state index is 13.2. The first-order valence-electron chi connectivity index (χ1n) is 10.4. The van der Waals surface area contributed by atoms with E-state index < -0.39 is 0 Å². The Balaban J connectivity index is 1.54. The molecule has 0 unspecified atom stereocenters. The van der Waals surface area contributed by atoms with E-state index in [0.717, 1.165) is 53.8 Å². The Kier molecular flexibility index (Phi) is 6.62. The lowest BCUT2D eigenvalue weighted by molar-refractivity contribution is -0.906. The highest BCUT2D eigenvalue weighted by Crippen LogP contribution is 2.31. The first-order chi connectivity index (χ1) is 14.6. The third kappa shape index (κ3) is 4.98. The van der Waals surface area contributed by atoms with E-state index in [-0.39, 0.29) is 12.5 Å². The van der Waals surface area contributed by atoms with Crippen LogP contribution in [0.15, 0.2) is 42.5 Å². The fourth-order valence-electron chi connectivity index (χ4n) is 3.72. The molecule has 0 atom stereocenters. The molecule has 1 saturated heterocycles. The van der Waals surface area contributed by atoms with E-state index in [1.807, 2.05) is 30.3 Å². The van der Waals surface area contributed by atoms with Gasteiger partial charge >= 0.3 is 0 Å². The van der Waals surface area contributed by atoms with Crippen LogP contribution in [0, 0.1) is 13.8 Å². The number of fused-ring (bicyclic) bond motifs is 1. The Morgan fingerprint density at radius 3 is 2.73 bits per heavy atom. The van der Waals surface area contributed by atoms with Crippen molar-refractivity contribution >= 4 is 32.6 Å². The maximum Gasteiger partial charge on any atom is 0.266 e. The van der Waals surface area contributed by atoms with Crippen molar-refractivity contribution in [1.29, 1.82) is 0 Å². The highest BCUT2D eigenvalue weighted by atomic mass is 32.1. The molecule has 1 amide bonds. The minimum Gasteiger partial charge on any atom is -0.484 e. The van der Waals surface area contributed by atoms with Crippen LogP contribution in [0.3, 0.4) is 0 Å². The number of benzene rings is 2. The number of ether oxygens (including phenoxy) is 2. The molecule has 3 aromatic rings. The van der Waals surface area contributed by atoms with E-state index in [4.69, 9.17) is 14.5 Å². The summed E-state index contributed by atoms with van der Waals surface area (Å²) in [6, 6.07) is 13.7. The lowest BCUT2D eigenvalue weighted by atomic mass is 10.1. The molecule has 158 valence electrons. The fraction of sp³-hybridized carbons (Fsp3) is 0.391. The smallest absolute Gasteiger partial charge is 0.266 e. The van der Waals surface area contributed by atoms with E-state index in [1.54, 1.807) is 16.2 Å². The second kappa shape index (κ2) is 9.55. The standard InChI is InChI=1S/C23H27N3O3S/c1-17-14-18(2)22-20(15-17)30-23(24-22)26(9-8-25-10-12-28-13-11-25)21(27)16-29-19-6-4-3-5-7-19/h3-7,14-15H,8-13,16H2,1-2H3/p+1. The monoisotopic (exact) mass is 426 g/mol. The number of morpholine rings is 1. The molecule has 0 saturated carbocycles. The van der Waals surface area contributed by atoms with Crippen LogP contribution in [0.4, 0.5) is 5.13 Å². The predicted molar refractivity (Wildman–Crippen MR) is 120 cm³/mol. The number of hydrogen-bond donors (Lipinski definition) is 1. The maximum absolute atomic E-state index is 13.2. The molecule has 4 rings (SSSR count). The number of rotatable bonds is 7. The molecular weight excluding hydrogens is 398 g/mol. The van der Waals surface area contributed by atoms with Crippen molar-refractivity contribution in [3.8, 4) is 5.75 Å². The molecule has 2 aromatic carbocycles. The molecule has 7 heteroatoms. The van der Waals surface area contributed by atoms with Gasteiger partial charge in [-0.3, -0.25) is 9.69 Å². The number of thiazole rings is 1. The molecule has 1 aliphatic heterocycles. The van der Waals surface area contributed by atoms with Gasteiger partial charge in [-0.05, 0) is 43.2 Å². The van der Waals surface area contributed by atoms with E-state index in [0.29, 0.717) is 12.3 Å². The van der Waals surface area contributed by atoms with Gasteiger partial charge in [0.05, 0.1) is 36.5 Å². The average molecular weight is 427 g/mol. The summed E-state index contributed by atoms with van der Waals surface area (Å²) in [7, 11) is 0. The number of nitrogens with one attached hydrogen (secondary N) is 1. The second-order valence-corrected chi connectivity index (χ2v) is 8.69. The summed E-state index contributed by atoms with van der Waals surface area (Å²) < 4.78 is 12.3. The van der Waals surface area contributed by atoms with Crippen LogP contribution in [-0.2, 0) is 9.53 Å². The summed E-state index contributed by atoms with van der Waals surface area (Å²) in [6.07, 6.45) is 0. The summed E-state index contributed by atoms with van der Waals surface area (Å²) >= 11 is 1.57. The normalized spacial score (nSPS) is 14.7. The van der Waals surface area contributed by atoms with Crippen LogP contribution in [-0.4, -0.2) is 56.9 Å². The van der Waals surface area contributed by atoms with Gasteiger partial charge in [-0.2, -0.15) is 0 Å². The van der Waals surface area contributed by atoms with Gasteiger partial charge in [0, 0.05) is 0 Å². The topological polar surface area (TPSA) is 56.1 Å². The van der Waals surface area contributed by atoms with E-state index in [2.05, 4.69) is 26.0 Å². The van der Waals surface area contributed by atoms with Crippen molar-refractivity contribution < 1.29 is 19.2 Å². The van der Waals surface area contributed by atoms with Crippen LogP contribution < -0.4 is 14.5 Å². The fourth-order valence-corrected chi connectivity index (χ4v) is 4.91. The number of para-hydroxylation sites is 1. The SMILES string of the molecule is Cc1cc(C)c2nc(N(CC[NH+]3CCOCC3)C(=O)COc3ccccc3)sc2c1. The van der Waals surface area contributed by atoms with Crippen molar-refractivity contribution in [2.75, 3.05) is 50.9 Å². The predicted octanol–water partition coefficient (Wildman–Crippen LogP) is 2.24. The molecule has 2 heterocycles. The van der Waals surface area contributed by atoms with Gasteiger partial charge in [-0.1, -0.05) is 35.6 Å². The van der Waals surface area contributed by atoms with Crippen LogP contribution in [0.5, 0.6) is 5.75 Å². The Hall–Kier alpha value is -2.48. The zero-order valence-electron chi connectivity index (χ0n) is 17.5. The van der Waals surface area contributed by atoms with E-state index in [1.165, 1.54) is 10.5 Å². The quantitative estimate of drug-likeness (QED) is 0.630. The Labute approximate surface area is 181 Å². The van der Waals surface area contributed by atoms with Crippen molar-refractivity contribution in [2.24, 2.45) is 0 Å². The highest BCUT2D eigenvalue weighted by Gasteiger charge is 2.24. The Morgan fingerprint density at radius 1 is 1.20 bits per heavy atom. The number of aryl methyl sites for hydroxylation is 2. The first kappa shape index (κ1) is 20.8. The third-order valence-electron chi connectivity index (χ3n) is 5.34. The Bertz CT molecular complexity index is 1000. The van der Waals surface area contributed by atoms with Crippen LogP contribution in [0.25, 0.3) is 10.2 Å². The molecule has 30 heavy (non-hydrogen) atoms. The molecule has 1 aliphatic rings. The number of aromatic nitrogens is 1. The molecule has 0 radical (unpaired) electrons. The zero-order valence-corrected chi connectivity index (χ0v) is 18.3. The van der Waals surface area contributed by atoms with Crippen molar-refractivity contribution in [3.63, 3.8) is 0 Å². The lowest BCUT2D eigenvalue weighted by Crippen LogP contribution is -3.14. The summed E-state index contributed by atoms with van der Waals surface area (Å²) in [4.78, 5) is 21.2. The number of anilines is 1. The number of nitrogens with zero attached hydrogens (tertiary/aromatic N) is 2. The molecule has 6 nitrogen and oxygen atoms in total. The lowest BCUT2D eigenvalue weighted by Gasteiger charge is -2.26. The van der Waals surface area contributed by atoms with Crippen LogP contribution >= 0.6 is 11.3 Å². The third-order valence-corrected chi connectivity index (χ3v) is 6.37. The summed E-state index contributed by atoms with van der Waals surface area (Å²) in [6.45, 7) is 9.14. The largest absolute Gasteiger partial charge is 0.484 e. The number of quaternary nitrogens is 1. The molecule has 0 bridgehead atoms. The molecule has 0 spiro atoms. The molecule has 1 N–H and O–H groups in total. The summed E-state index contributed by atoms with van der Waals surface area (Å²) in [5.41, 5.74) is 3.32. The van der Waals surface area contributed by atoms with Crippen molar-refractivity contribution in [2.45, 2.75) is 13.8 Å². The molecular formula is C23H28N3O3S+.